The van der Waals surface area contributed by atoms with E-state index in [1.54, 1.807) is 18.2 Å². The predicted octanol–water partition coefficient (Wildman–Crippen LogP) is 7.33. The lowest BCUT2D eigenvalue weighted by Gasteiger charge is -2.10. The first-order valence-electron chi connectivity index (χ1n) is 9.87. The lowest BCUT2D eigenvalue weighted by atomic mass is 10.1. The number of hydrogen-bond donors (Lipinski definition) is 1. The molecule has 0 fully saturated rings. The van der Waals surface area contributed by atoms with Crippen molar-refractivity contribution in [2.24, 2.45) is 0 Å². The zero-order valence-electron chi connectivity index (χ0n) is 17.8. The van der Waals surface area contributed by atoms with E-state index in [4.69, 9.17) is 46.4 Å². The second-order valence-electron chi connectivity index (χ2n) is 7.56. The van der Waals surface area contributed by atoms with E-state index < -0.39 is 21.7 Å². The highest BCUT2D eigenvalue weighted by atomic mass is 35.5. The van der Waals surface area contributed by atoms with Crippen LogP contribution in [0.15, 0.2) is 52.9 Å². The molecule has 0 aliphatic carbocycles. The van der Waals surface area contributed by atoms with Crippen molar-refractivity contribution in [3.05, 3.63) is 90.6 Å². The summed E-state index contributed by atoms with van der Waals surface area (Å²) in [7, 11) is -4.18. The summed E-state index contributed by atoms with van der Waals surface area (Å²) in [6.07, 6.45) is 4.22. The molecule has 0 saturated heterocycles. The number of carbonyl (C=O) groups is 1. The Hall–Kier alpha value is -2.07. The molecule has 2 aromatic carbocycles. The molecule has 1 amide bonds. The van der Waals surface area contributed by atoms with Crippen LogP contribution < -0.4 is 4.72 Å². The third kappa shape index (κ3) is 5.69. The maximum Gasteiger partial charge on any atom is 0.273 e. The van der Waals surface area contributed by atoms with E-state index in [1.807, 2.05) is 22.4 Å². The van der Waals surface area contributed by atoms with Gasteiger partial charge in [0, 0.05) is 39.8 Å². The van der Waals surface area contributed by atoms with Gasteiger partial charge in [-0.25, -0.2) is 17.5 Å². The number of nitrogens with zero attached hydrogens (tertiary/aromatic N) is 1. The first kappa shape index (κ1) is 26.0. The van der Waals surface area contributed by atoms with Crippen LogP contribution in [-0.2, 0) is 21.4 Å². The van der Waals surface area contributed by atoms with Gasteiger partial charge in [-0.15, -0.1) is 11.3 Å². The molecule has 4 aromatic rings. The van der Waals surface area contributed by atoms with Crippen LogP contribution in [0.2, 0.25) is 19.4 Å². The standard InChI is InChI=1S/C23H15Cl4FN2O3S2/c1-12-10-30(11-14-2-4-15(24)7-18(14)25)22-13(6-16(28)8-17(12)22)3-5-20(31)29-35(32,33)21-9-19(26)23(27)34-21/h2-10H,11H2,1H3,(H,29,31)/b5-3-. The summed E-state index contributed by atoms with van der Waals surface area (Å²) >= 11 is 24.7. The van der Waals surface area contributed by atoms with Gasteiger partial charge < -0.3 is 4.57 Å². The molecule has 0 atom stereocenters. The van der Waals surface area contributed by atoms with Gasteiger partial charge in [0.25, 0.3) is 15.9 Å². The van der Waals surface area contributed by atoms with Crippen LogP contribution in [0, 0.1) is 12.7 Å². The van der Waals surface area contributed by atoms with Gasteiger partial charge in [0.2, 0.25) is 0 Å². The number of carbonyl (C=O) groups excluding carboxylic acids is 1. The third-order valence-corrected chi connectivity index (χ3v) is 9.33. The van der Waals surface area contributed by atoms with E-state index in [1.165, 1.54) is 18.2 Å². The van der Waals surface area contributed by atoms with Gasteiger partial charge in [0.1, 0.15) is 14.4 Å². The van der Waals surface area contributed by atoms with Crippen LogP contribution in [0.3, 0.4) is 0 Å². The Morgan fingerprint density at radius 1 is 1.11 bits per heavy atom. The fourth-order valence-corrected chi connectivity index (χ4v) is 6.83. The van der Waals surface area contributed by atoms with Crippen LogP contribution in [0.25, 0.3) is 17.0 Å². The lowest BCUT2D eigenvalue weighted by molar-refractivity contribution is -0.114. The Kier molecular flexibility index (Phi) is 7.52. The predicted molar refractivity (Wildman–Crippen MR) is 141 cm³/mol. The summed E-state index contributed by atoms with van der Waals surface area (Å²) < 4.78 is 43.0. The SMILES string of the molecule is Cc1cn(Cc2ccc(Cl)cc2Cl)c2c(/C=C\C(=O)NS(=O)(=O)c3cc(Cl)c(Cl)s3)cc(F)cc12. The van der Waals surface area contributed by atoms with Gasteiger partial charge in [-0.2, -0.15) is 0 Å². The molecular formula is C23H15Cl4FN2O3S2. The van der Waals surface area contributed by atoms with Crippen molar-refractivity contribution in [1.82, 2.24) is 9.29 Å². The molecule has 12 heteroatoms. The van der Waals surface area contributed by atoms with E-state index in [9.17, 15) is 17.6 Å². The number of aromatic nitrogens is 1. The summed E-state index contributed by atoms with van der Waals surface area (Å²) in [6, 6.07) is 8.97. The van der Waals surface area contributed by atoms with Crippen molar-refractivity contribution in [3.63, 3.8) is 0 Å². The van der Waals surface area contributed by atoms with Gasteiger partial charge in [-0.1, -0.05) is 52.5 Å². The molecule has 0 bridgehead atoms. The molecule has 0 unspecified atom stereocenters. The quantitative estimate of drug-likeness (QED) is 0.239. The first-order chi connectivity index (χ1) is 16.4. The van der Waals surface area contributed by atoms with Gasteiger partial charge in [0.05, 0.1) is 10.5 Å². The number of rotatable bonds is 6. The minimum atomic E-state index is -4.18. The van der Waals surface area contributed by atoms with Crippen LogP contribution in [0.1, 0.15) is 16.7 Å². The molecule has 1 N–H and O–H groups in total. The smallest absolute Gasteiger partial charge is 0.273 e. The molecule has 182 valence electrons. The number of amides is 1. The third-order valence-electron chi connectivity index (χ3n) is 5.06. The molecule has 35 heavy (non-hydrogen) atoms. The minimum Gasteiger partial charge on any atom is -0.342 e. The second-order valence-corrected chi connectivity index (χ2v) is 12.4. The number of aryl methyl sites for hydroxylation is 1. The minimum absolute atomic E-state index is 0.0686. The maximum absolute atomic E-state index is 14.4. The molecule has 0 aliphatic rings. The molecule has 4 rings (SSSR count). The highest BCUT2D eigenvalue weighted by Crippen LogP contribution is 2.34. The highest BCUT2D eigenvalue weighted by Gasteiger charge is 2.21. The normalized spacial score (nSPS) is 12.1. The van der Waals surface area contributed by atoms with Gasteiger partial charge in [-0.3, -0.25) is 4.79 Å². The Morgan fingerprint density at radius 3 is 2.51 bits per heavy atom. The van der Waals surface area contributed by atoms with Crippen LogP contribution >= 0.6 is 57.7 Å². The molecule has 2 heterocycles. The van der Waals surface area contributed by atoms with Crippen molar-refractivity contribution in [3.8, 4) is 0 Å². The summed E-state index contributed by atoms with van der Waals surface area (Å²) in [6.45, 7) is 2.21. The van der Waals surface area contributed by atoms with E-state index in [-0.39, 0.29) is 13.6 Å². The highest BCUT2D eigenvalue weighted by molar-refractivity contribution is 7.92. The van der Waals surface area contributed by atoms with Gasteiger partial charge in [-0.05, 0) is 54.5 Å². The number of thiophene rings is 1. The Labute approximate surface area is 224 Å². The summed E-state index contributed by atoms with van der Waals surface area (Å²) in [5, 5.41) is 1.70. The molecule has 0 aliphatic heterocycles. The van der Waals surface area contributed by atoms with Crippen LogP contribution in [0.4, 0.5) is 4.39 Å². The van der Waals surface area contributed by atoms with E-state index in [0.29, 0.717) is 33.1 Å². The number of sulfonamides is 1. The number of benzene rings is 2. The van der Waals surface area contributed by atoms with E-state index >= 15 is 0 Å². The lowest BCUT2D eigenvalue weighted by Crippen LogP contribution is -2.28. The largest absolute Gasteiger partial charge is 0.342 e. The molecular weight excluding hydrogens is 577 g/mol. The number of halogens is 5. The number of fused-ring (bicyclic) bond motifs is 1. The summed E-state index contributed by atoms with van der Waals surface area (Å²) in [5.41, 5.74) is 2.65. The Balaban J connectivity index is 1.67. The summed E-state index contributed by atoms with van der Waals surface area (Å²) in [5.74, 6) is -1.42. The number of nitrogens with one attached hydrogen (secondary N) is 1. The van der Waals surface area contributed by atoms with Gasteiger partial charge in [0.15, 0.2) is 0 Å². The average molecular weight is 592 g/mol. The molecule has 5 nitrogen and oxygen atoms in total. The second kappa shape index (κ2) is 10.1. The molecule has 0 radical (unpaired) electrons. The fourth-order valence-electron chi connectivity index (χ4n) is 3.54. The Bertz CT molecular complexity index is 1590. The molecule has 0 saturated carbocycles. The molecule has 2 aromatic heterocycles. The van der Waals surface area contributed by atoms with Crippen LogP contribution in [-0.4, -0.2) is 18.9 Å². The van der Waals surface area contributed by atoms with Crippen molar-refractivity contribution in [2.75, 3.05) is 0 Å². The first-order valence-corrected chi connectivity index (χ1v) is 13.7. The maximum atomic E-state index is 14.4. The van der Waals surface area contributed by atoms with Gasteiger partial charge >= 0.3 is 0 Å². The van der Waals surface area contributed by atoms with E-state index in [0.717, 1.165) is 34.6 Å². The van der Waals surface area contributed by atoms with E-state index in [2.05, 4.69) is 0 Å². The van der Waals surface area contributed by atoms with Crippen molar-refractivity contribution in [2.45, 2.75) is 17.7 Å². The average Bonchev–Trinajstić information content (AvgIpc) is 3.27. The monoisotopic (exact) mass is 590 g/mol. The van der Waals surface area contributed by atoms with Crippen LogP contribution in [0.5, 0.6) is 0 Å². The zero-order chi connectivity index (χ0) is 25.5. The zero-order valence-corrected chi connectivity index (χ0v) is 22.4. The van der Waals surface area contributed by atoms with Crippen molar-refractivity contribution >= 4 is 90.6 Å². The fraction of sp³-hybridized carbons (Fsp3) is 0.0870. The topological polar surface area (TPSA) is 68.2 Å². The van der Waals surface area contributed by atoms with Crippen molar-refractivity contribution < 1.29 is 17.6 Å². The summed E-state index contributed by atoms with van der Waals surface area (Å²) in [4.78, 5) is 12.4. The van der Waals surface area contributed by atoms with Crippen molar-refractivity contribution in [1.29, 1.82) is 0 Å². The number of hydrogen-bond acceptors (Lipinski definition) is 4. The molecule has 0 spiro atoms. The Morgan fingerprint density at radius 2 is 1.86 bits per heavy atom.